The van der Waals surface area contributed by atoms with E-state index in [2.05, 4.69) is 25.2 Å². The van der Waals surface area contributed by atoms with Crippen molar-refractivity contribution in [3.8, 4) is 16.3 Å². The Labute approximate surface area is 180 Å². The number of anilines is 1. The van der Waals surface area contributed by atoms with Gasteiger partial charge >= 0.3 is 0 Å². The van der Waals surface area contributed by atoms with E-state index < -0.39 is 0 Å². The first-order valence-electron chi connectivity index (χ1n) is 9.99. The number of thiazole rings is 1. The Balaban J connectivity index is 1.45. The van der Waals surface area contributed by atoms with Crippen LogP contribution in [0, 0.1) is 6.92 Å². The maximum atomic E-state index is 12.5. The molecule has 0 aliphatic rings. The lowest BCUT2D eigenvalue weighted by Gasteiger charge is -2.12. The average Bonchev–Trinajstić information content (AvgIpc) is 3.18. The first kappa shape index (κ1) is 20.1. The second-order valence-electron chi connectivity index (χ2n) is 7.53. The highest BCUT2D eigenvalue weighted by Crippen LogP contribution is 2.34. The van der Waals surface area contributed by atoms with Gasteiger partial charge in [-0.05, 0) is 54.3 Å². The molecule has 3 aromatic carbocycles. The van der Waals surface area contributed by atoms with Gasteiger partial charge < -0.3 is 10.1 Å². The van der Waals surface area contributed by atoms with Crippen molar-refractivity contribution >= 4 is 33.1 Å². The maximum Gasteiger partial charge on any atom is 0.262 e. The van der Waals surface area contributed by atoms with E-state index in [0.29, 0.717) is 11.7 Å². The number of benzene rings is 3. The molecule has 0 radical (unpaired) electrons. The highest BCUT2D eigenvalue weighted by atomic mass is 32.1. The molecule has 1 amide bonds. The number of amides is 1. The zero-order valence-electron chi connectivity index (χ0n) is 17.3. The molecule has 4 nitrogen and oxygen atoms in total. The van der Waals surface area contributed by atoms with Crippen LogP contribution in [-0.2, 0) is 4.79 Å². The van der Waals surface area contributed by atoms with Crippen LogP contribution in [-0.4, -0.2) is 17.5 Å². The van der Waals surface area contributed by atoms with Crippen molar-refractivity contribution in [3.63, 3.8) is 0 Å². The Morgan fingerprint density at radius 2 is 1.80 bits per heavy atom. The van der Waals surface area contributed by atoms with Crippen molar-refractivity contribution in [2.24, 2.45) is 0 Å². The molecule has 1 aromatic heterocycles. The van der Waals surface area contributed by atoms with Gasteiger partial charge in [-0.3, -0.25) is 4.79 Å². The van der Waals surface area contributed by atoms with Gasteiger partial charge in [0, 0.05) is 11.3 Å². The molecule has 5 heteroatoms. The summed E-state index contributed by atoms with van der Waals surface area (Å²) in [5.74, 6) is 0.968. The van der Waals surface area contributed by atoms with Crippen LogP contribution in [0.4, 0.5) is 5.69 Å². The Bertz CT molecular complexity index is 1150. The van der Waals surface area contributed by atoms with Crippen molar-refractivity contribution < 1.29 is 9.53 Å². The zero-order chi connectivity index (χ0) is 21.1. The van der Waals surface area contributed by atoms with Crippen LogP contribution in [0.15, 0.2) is 66.7 Å². The van der Waals surface area contributed by atoms with Crippen molar-refractivity contribution in [2.75, 3.05) is 11.9 Å². The smallest absolute Gasteiger partial charge is 0.262 e. The lowest BCUT2D eigenvalue weighted by atomic mass is 10.0. The van der Waals surface area contributed by atoms with E-state index in [-0.39, 0.29) is 12.5 Å². The molecule has 0 atom stereocenters. The summed E-state index contributed by atoms with van der Waals surface area (Å²) in [5.41, 5.74) is 5.03. The number of hydrogen-bond acceptors (Lipinski definition) is 4. The quantitative estimate of drug-likeness (QED) is 0.395. The summed E-state index contributed by atoms with van der Waals surface area (Å²) in [6.07, 6.45) is 0. The molecular weight excluding hydrogens is 392 g/mol. The predicted molar refractivity (Wildman–Crippen MR) is 124 cm³/mol. The topological polar surface area (TPSA) is 51.2 Å². The summed E-state index contributed by atoms with van der Waals surface area (Å²) in [6, 6.07) is 21.8. The van der Waals surface area contributed by atoms with Crippen LogP contribution < -0.4 is 10.1 Å². The Morgan fingerprint density at radius 3 is 2.53 bits per heavy atom. The lowest BCUT2D eigenvalue weighted by molar-refractivity contribution is -0.118. The molecule has 0 spiro atoms. The third-order valence-corrected chi connectivity index (χ3v) is 6.12. The highest BCUT2D eigenvalue weighted by Gasteiger charge is 2.13. The number of carbonyl (C=O) groups excluding carboxylic acids is 1. The largest absolute Gasteiger partial charge is 0.484 e. The van der Waals surface area contributed by atoms with E-state index in [1.165, 1.54) is 5.56 Å². The number of nitrogens with one attached hydrogen (secondary N) is 1. The fraction of sp³-hybridized carbons (Fsp3) is 0.200. The highest BCUT2D eigenvalue weighted by molar-refractivity contribution is 7.21. The van der Waals surface area contributed by atoms with Gasteiger partial charge in [0.25, 0.3) is 5.91 Å². The molecule has 4 rings (SSSR count). The second-order valence-corrected chi connectivity index (χ2v) is 8.56. The third kappa shape index (κ3) is 4.36. The summed E-state index contributed by atoms with van der Waals surface area (Å²) in [7, 11) is 0. The van der Waals surface area contributed by atoms with Crippen LogP contribution in [0.5, 0.6) is 5.75 Å². The number of fused-ring (bicyclic) bond motifs is 1. The van der Waals surface area contributed by atoms with Gasteiger partial charge in [0.15, 0.2) is 6.61 Å². The molecule has 1 N–H and O–H groups in total. The minimum absolute atomic E-state index is 0.0359. The molecule has 0 saturated heterocycles. The van der Waals surface area contributed by atoms with Crippen molar-refractivity contribution in [3.05, 3.63) is 77.9 Å². The molecule has 30 heavy (non-hydrogen) atoms. The van der Waals surface area contributed by atoms with E-state index in [4.69, 9.17) is 9.72 Å². The third-order valence-electron chi connectivity index (χ3n) is 5.05. The zero-order valence-corrected chi connectivity index (χ0v) is 18.1. The second kappa shape index (κ2) is 8.67. The molecule has 4 aromatic rings. The van der Waals surface area contributed by atoms with Gasteiger partial charge in [0.05, 0.1) is 10.2 Å². The molecule has 0 aliphatic carbocycles. The first-order valence-corrected chi connectivity index (χ1v) is 10.8. The number of aromatic nitrogens is 1. The first-order chi connectivity index (χ1) is 14.5. The van der Waals surface area contributed by atoms with E-state index in [1.807, 2.05) is 67.6 Å². The number of ether oxygens (including phenoxy) is 1. The molecular formula is C25H24N2O2S. The maximum absolute atomic E-state index is 12.5. The van der Waals surface area contributed by atoms with Crippen LogP contribution >= 0.6 is 11.3 Å². The molecule has 0 fully saturated rings. The van der Waals surface area contributed by atoms with Crippen LogP contribution in [0.3, 0.4) is 0 Å². The summed E-state index contributed by atoms with van der Waals surface area (Å²) in [5, 5.41) is 3.92. The number of rotatable bonds is 6. The minimum Gasteiger partial charge on any atom is -0.484 e. The van der Waals surface area contributed by atoms with Gasteiger partial charge in [-0.1, -0.05) is 50.2 Å². The number of carbonyl (C=O) groups is 1. The normalized spacial score (nSPS) is 11.1. The Kier molecular flexibility index (Phi) is 5.81. The lowest BCUT2D eigenvalue weighted by Crippen LogP contribution is -2.20. The predicted octanol–water partition coefficient (Wildman–Crippen LogP) is 6.41. The van der Waals surface area contributed by atoms with Crippen molar-refractivity contribution in [1.29, 1.82) is 0 Å². The van der Waals surface area contributed by atoms with E-state index >= 15 is 0 Å². The van der Waals surface area contributed by atoms with Crippen molar-refractivity contribution in [1.82, 2.24) is 4.98 Å². The summed E-state index contributed by atoms with van der Waals surface area (Å²) in [6.45, 7) is 6.26. The average molecular weight is 417 g/mol. The van der Waals surface area contributed by atoms with Crippen LogP contribution in [0.25, 0.3) is 20.8 Å². The molecule has 152 valence electrons. The number of hydrogen-bond donors (Lipinski definition) is 1. The Hall–Kier alpha value is -3.18. The standard InChI is InChI=1S/C25H24N2O2S/c1-16(2)18-11-13-19(14-12-18)29-15-24(28)26-21-9-6-7-20(17(21)3)25-27-22-8-4-5-10-23(22)30-25/h4-14,16H,15H2,1-3H3,(H,26,28). The molecule has 0 aliphatic heterocycles. The fourth-order valence-corrected chi connectivity index (χ4v) is 4.32. The van der Waals surface area contributed by atoms with Crippen LogP contribution in [0.1, 0.15) is 30.9 Å². The van der Waals surface area contributed by atoms with Crippen LogP contribution in [0.2, 0.25) is 0 Å². The monoisotopic (exact) mass is 416 g/mol. The minimum atomic E-state index is -0.188. The molecule has 0 saturated carbocycles. The number of nitrogens with zero attached hydrogens (tertiary/aromatic N) is 1. The van der Waals surface area contributed by atoms with Gasteiger partial charge in [-0.25, -0.2) is 4.98 Å². The SMILES string of the molecule is Cc1c(NC(=O)COc2ccc(C(C)C)cc2)cccc1-c1nc2ccccc2s1. The summed E-state index contributed by atoms with van der Waals surface area (Å²) >= 11 is 1.65. The van der Waals surface area contributed by atoms with Gasteiger partial charge in [0.1, 0.15) is 10.8 Å². The molecule has 0 unspecified atom stereocenters. The van der Waals surface area contributed by atoms with E-state index in [0.717, 1.165) is 32.0 Å². The molecule has 1 heterocycles. The Morgan fingerprint density at radius 1 is 1.03 bits per heavy atom. The van der Waals surface area contributed by atoms with E-state index in [1.54, 1.807) is 11.3 Å². The van der Waals surface area contributed by atoms with Gasteiger partial charge in [0.2, 0.25) is 0 Å². The van der Waals surface area contributed by atoms with Gasteiger partial charge in [-0.15, -0.1) is 11.3 Å². The fourth-order valence-electron chi connectivity index (χ4n) is 3.27. The molecule has 0 bridgehead atoms. The number of para-hydroxylation sites is 1. The summed E-state index contributed by atoms with van der Waals surface area (Å²) < 4.78 is 6.80. The van der Waals surface area contributed by atoms with Crippen molar-refractivity contribution in [2.45, 2.75) is 26.7 Å². The summed E-state index contributed by atoms with van der Waals surface area (Å²) in [4.78, 5) is 17.2. The van der Waals surface area contributed by atoms with E-state index in [9.17, 15) is 4.79 Å². The van der Waals surface area contributed by atoms with Gasteiger partial charge in [-0.2, -0.15) is 0 Å².